The van der Waals surface area contributed by atoms with Crippen LogP contribution in [0, 0.1) is 13.7 Å². The molecule has 0 unspecified atom stereocenters. The fourth-order valence-electron chi connectivity index (χ4n) is 1.78. The molecule has 0 saturated heterocycles. The molecule has 1 aromatic carbocycles. The summed E-state index contributed by atoms with van der Waals surface area (Å²) in [6.45, 7) is 6.53. The lowest BCUT2D eigenvalue weighted by Gasteiger charge is -2.26. The van der Waals surface area contributed by atoms with E-state index in [1.165, 1.54) is 12.1 Å². The van der Waals surface area contributed by atoms with Crippen LogP contribution in [0.1, 0.15) is 37.6 Å². The second-order valence-corrected chi connectivity index (χ2v) is 5.68. The molecule has 0 bridgehead atoms. The molecule has 0 aliphatic carbocycles. The molecule has 6 heteroatoms. The van der Waals surface area contributed by atoms with E-state index in [0.717, 1.165) is 9.99 Å². The van der Waals surface area contributed by atoms with Crippen molar-refractivity contribution >= 4 is 34.2 Å². The molecule has 0 saturated carbocycles. The van der Waals surface area contributed by atoms with Gasteiger partial charge in [0.25, 0.3) is 11.6 Å². The number of rotatable bonds is 5. The monoisotopic (exact) mass is 376 g/mol. The number of amides is 1. The molecule has 0 fully saturated rings. The molecule has 0 atom stereocenters. The first kappa shape index (κ1) is 15.9. The van der Waals surface area contributed by atoms with Gasteiger partial charge in [-0.05, 0) is 48.9 Å². The smallest absolute Gasteiger partial charge is 0.270 e. The van der Waals surface area contributed by atoms with Crippen LogP contribution in [0.3, 0.4) is 0 Å². The number of nitro benzene ring substituents is 1. The number of benzene rings is 1. The van der Waals surface area contributed by atoms with Crippen molar-refractivity contribution < 1.29 is 9.72 Å². The van der Waals surface area contributed by atoms with Gasteiger partial charge in [-0.3, -0.25) is 14.9 Å². The largest absolute Gasteiger partial charge is 0.336 e. The number of hydrogen-bond acceptors (Lipinski definition) is 3. The third kappa shape index (κ3) is 3.89. The molecule has 0 aliphatic heterocycles. The van der Waals surface area contributed by atoms with Gasteiger partial charge in [0.05, 0.1) is 10.5 Å². The minimum absolute atomic E-state index is 0.0519. The maximum absolute atomic E-state index is 12.5. The quantitative estimate of drug-likeness (QED) is 0.449. The highest BCUT2D eigenvalue weighted by Crippen LogP contribution is 2.22. The molecule has 1 amide bonds. The average Bonchev–Trinajstić information content (AvgIpc) is 2.35. The van der Waals surface area contributed by atoms with Crippen molar-refractivity contribution in [2.75, 3.05) is 6.54 Å². The Hall–Kier alpha value is -1.18. The van der Waals surface area contributed by atoms with Crippen molar-refractivity contribution in [1.82, 2.24) is 4.90 Å². The van der Waals surface area contributed by atoms with Crippen molar-refractivity contribution in [2.24, 2.45) is 0 Å². The molecule has 19 heavy (non-hydrogen) atoms. The van der Waals surface area contributed by atoms with Gasteiger partial charge in [-0.25, -0.2) is 0 Å². The number of non-ortho nitro benzene ring substituents is 1. The lowest BCUT2D eigenvalue weighted by molar-refractivity contribution is -0.384. The van der Waals surface area contributed by atoms with Gasteiger partial charge < -0.3 is 4.90 Å². The number of halogens is 1. The molecular formula is C13H17IN2O3. The summed E-state index contributed by atoms with van der Waals surface area (Å²) in [5.41, 5.74) is 0.348. The fourth-order valence-corrected chi connectivity index (χ4v) is 2.35. The van der Waals surface area contributed by atoms with Crippen LogP contribution in [0.4, 0.5) is 5.69 Å². The van der Waals surface area contributed by atoms with Crippen LogP contribution in [0.25, 0.3) is 0 Å². The van der Waals surface area contributed by atoms with Crippen molar-refractivity contribution in [3.05, 3.63) is 37.4 Å². The third-order valence-electron chi connectivity index (χ3n) is 2.74. The van der Waals surface area contributed by atoms with Gasteiger partial charge in [0.15, 0.2) is 0 Å². The first-order valence-corrected chi connectivity index (χ1v) is 7.21. The van der Waals surface area contributed by atoms with Gasteiger partial charge in [0, 0.05) is 28.3 Å². The summed E-state index contributed by atoms with van der Waals surface area (Å²) in [4.78, 5) is 24.5. The Morgan fingerprint density at radius 2 is 2.11 bits per heavy atom. The standard InChI is InChI=1S/C13H17IN2O3/c1-4-7-15(9(2)3)13(17)11-8-10(16(18)19)5-6-12(11)14/h5-6,8-9H,4,7H2,1-3H3. The number of carbonyl (C=O) groups is 1. The van der Waals surface area contributed by atoms with Crippen LogP contribution in [0.2, 0.25) is 0 Å². The van der Waals surface area contributed by atoms with Crippen LogP contribution < -0.4 is 0 Å². The lowest BCUT2D eigenvalue weighted by Crippen LogP contribution is -2.37. The molecule has 0 spiro atoms. The lowest BCUT2D eigenvalue weighted by atomic mass is 10.1. The number of hydrogen-bond donors (Lipinski definition) is 0. The predicted octanol–water partition coefficient (Wildman–Crippen LogP) is 3.46. The zero-order valence-corrected chi connectivity index (χ0v) is 13.4. The molecule has 0 heterocycles. The average molecular weight is 376 g/mol. The van der Waals surface area contributed by atoms with Crippen molar-refractivity contribution in [1.29, 1.82) is 0 Å². The van der Waals surface area contributed by atoms with E-state index >= 15 is 0 Å². The first-order valence-electron chi connectivity index (χ1n) is 6.13. The Morgan fingerprint density at radius 1 is 1.47 bits per heavy atom. The Morgan fingerprint density at radius 3 is 2.58 bits per heavy atom. The van der Waals surface area contributed by atoms with Crippen molar-refractivity contribution in [3.8, 4) is 0 Å². The topological polar surface area (TPSA) is 63.5 Å². The number of nitrogens with zero attached hydrogens (tertiary/aromatic N) is 2. The van der Waals surface area contributed by atoms with E-state index in [-0.39, 0.29) is 17.6 Å². The van der Waals surface area contributed by atoms with E-state index in [0.29, 0.717) is 12.1 Å². The summed E-state index contributed by atoms with van der Waals surface area (Å²) < 4.78 is 0.731. The molecule has 0 aromatic heterocycles. The van der Waals surface area contributed by atoms with Crippen LogP contribution in [-0.4, -0.2) is 28.3 Å². The van der Waals surface area contributed by atoms with E-state index in [4.69, 9.17) is 0 Å². The summed E-state index contributed by atoms with van der Waals surface area (Å²) in [6, 6.07) is 4.45. The van der Waals surface area contributed by atoms with Crippen LogP contribution >= 0.6 is 22.6 Å². The summed E-state index contributed by atoms with van der Waals surface area (Å²) in [7, 11) is 0. The number of carbonyl (C=O) groups excluding carboxylic acids is 1. The molecule has 104 valence electrons. The predicted molar refractivity (Wildman–Crippen MR) is 82.3 cm³/mol. The zero-order chi connectivity index (χ0) is 14.6. The van der Waals surface area contributed by atoms with Gasteiger partial charge in [0.1, 0.15) is 0 Å². The maximum atomic E-state index is 12.5. The normalized spacial score (nSPS) is 10.6. The molecule has 0 aliphatic rings. The Bertz CT molecular complexity index is 489. The summed E-state index contributed by atoms with van der Waals surface area (Å²) in [5.74, 6) is -0.148. The molecule has 0 radical (unpaired) electrons. The Balaban J connectivity index is 3.16. The second kappa shape index (κ2) is 6.83. The fraction of sp³-hybridized carbons (Fsp3) is 0.462. The van der Waals surface area contributed by atoms with E-state index in [2.05, 4.69) is 0 Å². The molecular weight excluding hydrogens is 359 g/mol. The minimum Gasteiger partial charge on any atom is -0.336 e. The van der Waals surface area contributed by atoms with Gasteiger partial charge >= 0.3 is 0 Å². The van der Waals surface area contributed by atoms with Gasteiger partial charge in [0.2, 0.25) is 0 Å². The van der Waals surface area contributed by atoms with Crippen molar-refractivity contribution in [2.45, 2.75) is 33.2 Å². The van der Waals surface area contributed by atoms with E-state index in [1.54, 1.807) is 11.0 Å². The van der Waals surface area contributed by atoms with Crippen LogP contribution in [-0.2, 0) is 0 Å². The Labute approximate surface area is 126 Å². The van der Waals surface area contributed by atoms with Gasteiger partial charge in [-0.15, -0.1) is 0 Å². The first-order chi connectivity index (χ1) is 8.88. The highest BCUT2D eigenvalue weighted by atomic mass is 127. The molecule has 5 nitrogen and oxygen atoms in total. The molecule has 1 rings (SSSR count). The highest BCUT2D eigenvalue weighted by molar-refractivity contribution is 14.1. The third-order valence-corrected chi connectivity index (χ3v) is 3.68. The van der Waals surface area contributed by atoms with Crippen LogP contribution in [0.5, 0.6) is 0 Å². The minimum atomic E-state index is -0.480. The maximum Gasteiger partial charge on any atom is 0.270 e. The second-order valence-electron chi connectivity index (χ2n) is 4.51. The zero-order valence-electron chi connectivity index (χ0n) is 11.2. The Kier molecular flexibility index (Phi) is 5.71. The van der Waals surface area contributed by atoms with Gasteiger partial charge in [-0.2, -0.15) is 0 Å². The number of nitro groups is 1. The van der Waals surface area contributed by atoms with E-state index in [9.17, 15) is 14.9 Å². The van der Waals surface area contributed by atoms with Crippen LogP contribution in [0.15, 0.2) is 18.2 Å². The molecule has 0 N–H and O–H groups in total. The highest BCUT2D eigenvalue weighted by Gasteiger charge is 2.22. The summed E-state index contributed by atoms with van der Waals surface area (Å²) >= 11 is 2.03. The van der Waals surface area contributed by atoms with Crippen molar-refractivity contribution in [3.63, 3.8) is 0 Å². The SMILES string of the molecule is CCCN(C(=O)c1cc([N+](=O)[O-])ccc1I)C(C)C. The van der Waals surface area contributed by atoms with Gasteiger partial charge in [-0.1, -0.05) is 6.92 Å². The summed E-state index contributed by atoms with van der Waals surface area (Å²) in [5, 5.41) is 10.8. The van der Waals surface area contributed by atoms with E-state index < -0.39 is 4.92 Å². The van der Waals surface area contributed by atoms with E-state index in [1.807, 2.05) is 43.4 Å². The molecule has 1 aromatic rings. The summed E-state index contributed by atoms with van der Waals surface area (Å²) in [6.07, 6.45) is 0.857.